The molecule has 6 rings (SSSR count). The quantitative estimate of drug-likeness (QED) is 0.188. The van der Waals surface area contributed by atoms with Gasteiger partial charge >= 0.3 is 6.18 Å². The summed E-state index contributed by atoms with van der Waals surface area (Å²) in [6, 6.07) is 27.0. The second-order valence-electron chi connectivity index (χ2n) is 8.75. The summed E-state index contributed by atoms with van der Waals surface area (Å²) in [5.74, 6) is 0.790. The number of nitrogens with zero attached hydrogens (tertiary/aromatic N) is 5. The van der Waals surface area contributed by atoms with Crippen molar-refractivity contribution in [3.63, 3.8) is 0 Å². The first kappa shape index (κ1) is 28.7. The fraction of sp³-hybridized carbons (Fsp3) is 0.0645. The van der Waals surface area contributed by atoms with E-state index in [1.165, 1.54) is 25.3 Å². The Hall–Kier alpha value is -4.78. The molecule has 0 aliphatic heterocycles. The normalized spacial score (nSPS) is 11.1. The number of hydrogen-bond acceptors (Lipinski definition) is 6. The fourth-order valence-corrected chi connectivity index (χ4v) is 4.71. The van der Waals surface area contributed by atoms with Gasteiger partial charge < -0.3 is 4.74 Å². The van der Waals surface area contributed by atoms with Crippen LogP contribution >= 0.6 is 23.2 Å². The van der Waals surface area contributed by atoms with Crippen LogP contribution in [0.1, 0.15) is 11.1 Å². The maximum atomic E-state index is 13.2. The molecule has 11 heteroatoms. The Morgan fingerprint density at radius 1 is 0.690 bits per heavy atom. The van der Waals surface area contributed by atoms with Crippen LogP contribution in [0.5, 0.6) is 5.75 Å². The van der Waals surface area contributed by atoms with E-state index in [1.54, 1.807) is 24.3 Å². The average Bonchev–Trinajstić information content (AvgIpc) is 3.00. The van der Waals surface area contributed by atoms with Crippen LogP contribution < -0.4 is 4.74 Å². The Bertz CT molecular complexity index is 1980. The second kappa shape index (κ2) is 12.0. The molecular weight excluding hydrogens is 586 g/mol. The number of fused-ring (bicyclic) bond motifs is 2. The third-order valence-corrected chi connectivity index (χ3v) is 6.76. The lowest BCUT2D eigenvalue weighted by Gasteiger charge is -2.13. The van der Waals surface area contributed by atoms with Crippen LogP contribution in [0, 0.1) is 11.3 Å². The van der Waals surface area contributed by atoms with E-state index < -0.39 is 11.7 Å². The lowest BCUT2D eigenvalue weighted by atomic mass is 10.1. The van der Waals surface area contributed by atoms with E-state index in [-0.39, 0.29) is 16.5 Å². The number of rotatable bonds is 3. The maximum Gasteiger partial charge on any atom is 0.417 e. The molecule has 0 aliphatic carbocycles. The van der Waals surface area contributed by atoms with Gasteiger partial charge in [0.25, 0.3) is 0 Å². The molecule has 0 saturated carbocycles. The van der Waals surface area contributed by atoms with E-state index in [0.29, 0.717) is 38.8 Å². The molecule has 4 aromatic carbocycles. The van der Waals surface area contributed by atoms with Crippen molar-refractivity contribution in [3.05, 3.63) is 112 Å². The van der Waals surface area contributed by atoms with Crippen molar-refractivity contribution in [2.75, 3.05) is 7.11 Å². The monoisotopic (exact) mass is 603 g/mol. The van der Waals surface area contributed by atoms with Crippen LogP contribution in [-0.2, 0) is 6.18 Å². The highest BCUT2D eigenvalue weighted by molar-refractivity contribution is 6.34. The topological polar surface area (TPSA) is 84.6 Å². The third kappa shape index (κ3) is 5.81. The van der Waals surface area contributed by atoms with Gasteiger partial charge in [0.15, 0.2) is 11.6 Å². The number of para-hydroxylation sites is 2. The summed E-state index contributed by atoms with van der Waals surface area (Å²) in [7, 11) is 1.45. The number of ether oxygens (including phenoxy) is 1. The van der Waals surface area contributed by atoms with Crippen LogP contribution in [0.4, 0.5) is 13.2 Å². The van der Waals surface area contributed by atoms with Crippen molar-refractivity contribution >= 4 is 45.0 Å². The van der Waals surface area contributed by atoms with Crippen LogP contribution in [0.3, 0.4) is 0 Å². The van der Waals surface area contributed by atoms with Gasteiger partial charge in [-0.2, -0.15) is 18.4 Å². The minimum atomic E-state index is -4.51. The molecule has 2 heterocycles. The molecule has 6 nitrogen and oxygen atoms in total. The summed E-state index contributed by atoms with van der Waals surface area (Å²) in [4.78, 5) is 17.0. The molecule has 42 heavy (non-hydrogen) atoms. The zero-order chi connectivity index (χ0) is 29.9. The lowest BCUT2D eigenvalue weighted by Crippen LogP contribution is -2.08. The molecule has 0 fully saturated rings. The number of nitriles is 1. The highest BCUT2D eigenvalue weighted by Crippen LogP contribution is 2.37. The number of methoxy groups -OCH3 is 1. The van der Waals surface area contributed by atoms with Gasteiger partial charge in [-0.1, -0.05) is 71.7 Å². The molecule has 0 unspecified atom stereocenters. The molecule has 0 saturated heterocycles. The van der Waals surface area contributed by atoms with Gasteiger partial charge in [0, 0.05) is 21.9 Å². The van der Waals surface area contributed by atoms with Gasteiger partial charge in [-0.25, -0.2) is 19.9 Å². The molecule has 0 bridgehead atoms. The van der Waals surface area contributed by atoms with Crippen molar-refractivity contribution in [1.82, 2.24) is 19.9 Å². The van der Waals surface area contributed by atoms with Gasteiger partial charge in [0.2, 0.25) is 0 Å². The molecule has 0 radical (unpaired) electrons. The van der Waals surface area contributed by atoms with Gasteiger partial charge in [-0.3, -0.25) is 0 Å². The number of halogens is 5. The summed E-state index contributed by atoms with van der Waals surface area (Å²) in [5, 5.41) is 10.9. The first-order chi connectivity index (χ1) is 20.2. The van der Waals surface area contributed by atoms with E-state index in [0.717, 1.165) is 17.0 Å². The summed E-state index contributed by atoms with van der Waals surface area (Å²) in [5.41, 5.74) is 1.42. The van der Waals surface area contributed by atoms with Crippen LogP contribution in [0.2, 0.25) is 10.3 Å². The number of hydrogen-bond donors (Lipinski definition) is 0. The number of benzene rings is 4. The van der Waals surface area contributed by atoms with Gasteiger partial charge in [-0.15, -0.1) is 0 Å². The molecule has 6 aromatic rings. The molecule has 208 valence electrons. The van der Waals surface area contributed by atoms with Crippen molar-refractivity contribution in [2.45, 2.75) is 6.18 Å². The van der Waals surface area contributed by atoms with Crippen LogP contribution in [0.15, 0.2) is 91.0 Å². The summed E-state index contributed by atoms with van der Waals surface area (Å²) < 4.78 is 44.7. The first-order valence-corrected chi connectivity index (χ1v) is 13.1. The molecular formula is C31H18Cl2F3N5O. The number of aromatic nitrogens is 4. The molecule has 0 amide bonds. The predicted molar refractivity (Wildman–Crippen MR) is 156 cm³/mol. The molecule has 0 N–H and O–H groups in total. The Morgan fingerprint density at radius 3 is 2.00 bits per heavy atom. The average molecular weight is 604 g/mol. The molecule has 0 spiro atoms. The minimum absolute atomic E-state index is 0.0703. The largest absolute Gasteiger partial charge is 0.494 e. The molecule has 0 aliphatic rings. The van der Waals surface area contributed by atoms with Gasteiger partial charge in [-0.05, 0) is 42.5 Å². The zero-order valence-electron chi connectivity index (χ0n) is 21.7. The Kier molecular flexibility index (Phi) is 8.20. The predicted octanol–water partition coefficient (Wildman–Crippen LogP) is 8.80. The van der Waals surface area contributed by atoms with Crippen molar-refractivity contribution < 1.29 is 17.9 Å². The van der Waals surface area contributed by atoms with Crippen LogP contribution in [-0.4, -0.2) is 27.0 Å². The Balaban J connectivity index is 0.000000171. The summed E-state index contributed by atoms with van der Waals surface area (Å²) in [6.07, 6.45) is -4.51. The standard InChI is InChI=1S/C16H10ClF3N2O.C15H8ClN3/c1-23-12-8-4-6-10-13(12)21-15(22-14(10)17)9-5-2-3-7-11(9)16(18,19)20;16-14-12-7-3-4-8-13(12)18-15(19-14)11-6-2-1-5-10(11)9-17/h2-8H,1H3;1-8H. The molecule has 0 atom stereocenters. The third-order valence-electron chi connectivity index (χ3n) is 6.18. The van der Waals surface area contributed by atoms with Crippen molar-refractivity contribution in [1.29, 1.82) is 5.26 Å². The second-order valence-corrected chi connectivity index (χ2v) is 9.47. The minimum Gasteiger partial charge on any atom is -0.494 e. The van der Waals surface area contributed by atoms with E-state index >= 15 is 0 Å². The highest BCUT2D eigenvalue weighted by atomic mass is 35.5. The van der Waals surface area contributed by atoms with E-state index in [4.69, 9.17) is 33.2 Å². The number of alkyl halides is 3. The van der Waals surface area contributed by atoms with E-state index in [2.05, 4.69) is 26.0 Å². The first-order valence-electron chi connectivity index (χ1n) is 12.3. The van der Waals surface area contributed by atoms with E-state index in [1.807, 2.05) is 42.5 Å². The maximum absolute atomic E-state index is 13.2. The van der Waals surface area contributed by atoms with E-state index in [9.17, 15) is 13.2 Å². The Morgan fingerprint density at radius 2 is 1.29 bits per heavy atom. The molecule has 2 aromatic heterocycles. The highest BCUT2D eigenvalue weighted by Gasteiger charge is 2.34. The SMILES string of the molecule is COc1cccc2c(Cl)nc(-c3ccccc3C(F)(F)F)nc12.N#Cc1ccccc1-c1nc(Cl)c2ccccc2n1. The summed E-state index contributed by atoms with van der Waals surface area (Å²) in [6.45, 7) is 0. The fourth-order valence-electron chi connectivity index (χ4n) is 4.23. The van der Waals surface area contributed by atoms with Gasteiger partial charge in [0.1, 0.15) is 21.6 Å². The van der Waals surface area contributed by atoms with Crippen molar-refractivity contribution in [3.8, 4) is 34.6 Å². The summed E-state index contributed by atoms with van der Waals surface area (Å²) >= 11 is 12.3. The van der Waals surface area contributed by atoms with Crippen LogP contribution in [0.25, 0.3) is 44.6 Å². The smallest absolute Gasteiger partial charge is 0.417 e. The van der Waals surface area contributed by atoms with Gasteiger partial charge in [0.05, 0.1) is 29.8 Å². The van der Waals surface area contributed by atoms with Crippen molar-refractivity contribution in [2.24, 2.45) is 0 Å². The lowest BCUT2D eigenvalue weighted by molar-refractivity contribution is -0.137. The Labute approximate surface area is 248 Å². The zero-order valence-corrected chi connectivity index (χ0v) is 23.2.